The Morgan fingerprint density at radius 1 is 1.42 bits per heavy atom. The molecule has 1 heterocycles. The second kappa shape index (κ2) is 7.68. The van der Waals surface area contributed by atoms with Crippen LogP contribution in [0.15, 0.2) is 53.0 Å². The summed E-state index contributed by atoms with van der Waals surface area (Å²) in [5, 5.41) is 8.81. The van der Waals surface area contributed by atoms with E-state index in [1.165, 1.54) is 11.9 Å². The Hall–Kier alpha value is -2.05. The quantitative estimate of drug-likeness (QED) is 0.610. The maximum atomic E-state index is 12.8. The van der Waals surface area contributed by atoms with Gasteiger partial charge in [-0.3, -0.25) is 13.9 Å². The zero-order chi connectivity index (χ0) is 18.7. The molecule has 0 bridgehead atoms. The van der Waals surface area contributed by atoms with Crippen molar-refractivity contribution in [3.63, 3.8) is 0 Å². The predicted molar refractivity (Wildman–Crippen MR) is 101 cm³/mol. The van der Waals surface area contributed by atoms with Crippen LogP contribution in [0.3, 0.4) is 0 Å². The largest absolute Gasteiger partial charge is 0.481 e. The minimum absolute atomic E-state index is 0.0525. The van der Waals surface area contributed by atoms with Gasteiger partial charge in [0.05, 0.1) is 12.5 Å². The third kappa shape index (κ3) is 4.02. The van der Waals surface area contributed by atoms with Crippen molar-refractivity contribution in [2.45, 2.75) is 49.6 Å². The summed E-state index contributed by atoms with van der Waals surface area (Å²) in [6.07, 6.45) is 6.92. The molecule has 0 spiro atoms. The second-order valence-corrected chi connectivity index (χ2v) is 7.83. The molecule has 6 heteroatoms. The maximum absolute atomic E-state index is 12.8. The van der Waals surface area contributed by atoms with E-state index >= 15 is 0 Å². The van der Waals surface area contributed by atoms with Gasteiger partial charge in [-0.1, -0.05) is 35.9 Å². The first kappa shape index (κ1) is 18.7. The molecule has 2 unspecified atom stereocenters. The number of amides is 1. The second-order valence-electron chi connectivity index (χ2n) is 6.82. The van der Waals surface area contributed by atoms with E-state index in [2.05, 4.69) is 0 Å². The van der Waals surface area contributed by atoms with Crippen LogP contribution in [0, 0.1) is 0 Å². The van der Waals surface area contributed by atoms with Gasteiger partial charge in [-0.25, -0.2) is 0 Å². The third-order valence-electron chi connectivity index (χ3n) is 4.60. The number of carboxylic acid groups (broad SMARTS) is 1. The van der Waals surface area contributed by atoms with Crippen molar-refractivity contribution < 1.29 is 19.4 Å². The van der Waals surface area contributed by atoms with E-state index in [4.69, 9.17) is 9.84 Å². The molecular formula is C20H23NO4S. The van der Waals surface area contributed by atoms with Gasteiger partial charge in [0.25, 0.3) is 0 Å². The molecule has 2 aliphatic rings. The molecule has 1 aliphatic heterocycles. The zero-order valence-corrected chi connectivity index (χ0v) is 15.8. The Balaban J connectivity index is 1.79. The number of fused-ring (bicyclic) bond motifs is 1. The van der Waals surface area contributed by atoms with Gasteiger partial charge in [-0.05, 0) is 49.9 Å². The highest BCUT2D eigenvalue weighted by Gasteiger charge is 2.42. The highest BCUT2D eigenvalue weighted by atomic mass is 32.2. The minimum Gasteiger partial charge on any atom is -0.481 e. The molecule has 1 aliphatic carbocycles. The molecule has 0 aromatic heterocycles. The fraction of sp³-hybridized carbons (Fsp3) is 0.400. The molecule has 2 atom stereocenters. The predicted octanol–water partition coefficient (Wildman–Crippen LogP) is 3.60. The summed E-state index contributed by atoms with van der Waals surface area (Å²) in [6.45, 7) is 4.28. The molecule has 1 aromatic rings. The average Bonchev–Trinajstić information content (AvgIpc) is 2.58. The fourth-order valence-corrected chi connectivity index (χ4v) is 4.49. The van der Waals surface area contributed by atoms with Gasteiger partial charge in [0, 0.05) is 17.9 Å². The number of allylic oxidation sites excluding steroid dienone is 2. The zero-order valence-electron chi connectivity index (χ0n) is 15.0. The molecular weight excluding hydrogens is 350 g/mol. The smallest absolute Gasteiger partial charge is 0.303 e. The average molecular weight is 373 g/mol. The molecule has 1 amide bonds. The summed E-state index contributed by atoms with van der Waals surface area (Å²) < 4.78 is 7.89. The van der Waals surface area contributed by atoms with E-state index in [0.717, 1.165) is 16.0 Å². The van der Waals surface area contributed by atoms with E-state index in [-0.39, 0.29) is 18.4 Å². The van der Waals surface area contributed by atoms with E-state index < -0.39 is 11.6 Å². The topological polar surface area (TPSA) is 66.8 Å². The monoisotopic (exact) mass is 373 g/mol. The lowest BCUT2D eigenvalue weighted by Gasteiger charge is -2.43. The number of hydrogen-bond donors (Lipinski definition) is 1. The van der Waals surface area contributed by atoms with Crippen LogP contribution < -0.4 is 0 Å². The molecule has 1 aromatic carbocycles. The van der Waals surface area contributed by atoms with Crippen LogP contribution in [-0.4, -0.2) is 39.5 Å². The van der Waals surface area contributed by atoms with Crippen LogP contribution in [0.1, 0.15) is 32.3 Å². The first-order valence-corrected chi connectivity index (χ1v) is 9.48. The van der Waals surface area contributed by atoms with Gasteiger partial charge in [0.2, 0.25) is 5.91 Å². The summed E-state index contributed by atoms with van der Waals surface area (Å²) in [5.74, 6) is -0.777. The summed E-state index contributed by atoms with van der Waals surface area (Å²) in [4.78, 5) is 24.6. The van der Waals surface area contributed by atoms with Crippen molar-refractivity contribution in [2.24, 2.45) is 0 Å². The number of rotatable bonds is 6. The first-order chi connectivity index (χ1) is 12.4. The molecule has 1 N–H and O–H groups in total. The Morgan fingerprint density at radius 2 is 2.19 bits per heavy atom. The van der Waals surface area contributed by atoms with Crippen molar-refractivity contribution in [1.82, 2.24) is 4.31 Å². The lowest BCUT2D eigenvalue weighted by Crippen LogP contribution is -2.52. The maximum Gasteiger partial charge on any atom is 0.303 e. The summed E-state index contributed by atoms with van der Waals surface area (Å²) in [5.41, 5.74) is 1.43. The van der Waals surface area contributed by atoms with Crippen LogP contribution >= 0.6 is 11.9 Å². The number of carbonyl (C=O) groups excluding carboxylic acids is 1. The van der Waals surface area contributed by atoms with Crippen molar-refractivity contribution >= 4 is 23.8 Å². The first-order valence-electron chi connectivity index (χ1n) is 8.70. The molecule has 3 rings (SSSR count). The Labute approximate surface area is 157 Å². The Kier molecular flexibility index (Phi) is 5.53. The van der Waals surface area contributed by atoms with Crippen molar-refractivity contribution in [1.29, 1.82) is 0 Å². The van der Waals surface area contributed by atoms with Gasteiger partial charge < -0.3 is 9.84 Å². The number of carboxylic acids is 1. The third-order valence-corrected chi connectivity index (χ3v) is 5.82. The van der Waals surface area contributed by atoms with Crippen molar-refractivity contribution in [2.75, 3.05) is 6.61 Å². The lowest BCUT2D eigenvalue weighted by atomic mass is 9.88. The molecule has 0 fully saturated rings. The molecule has 5 nitrogen and oxygen atoms in total. The summed E-state index contributed by atoms with van der Waals surface area (Å²) in [7, 11) is 0. The van der Waals surface area contributed by atoms with Crippen LogP contribution in [-0.2, 0) is 20.7 Å². The number of ether oxygens (including phenoxy) is 1. The Bertz CT molecular complexity index is 773. The Morgan fingerprint density at radius 3 is 2.96 bits per heavy atom. The number of hydrogen-bond acceptors (Lipinski definition) is 4. The molecule has 0 saturated carbocycles. The lowest BCUT2D eigenvalue weighted by molar-refractivity contribution is -0.137. The van der Waals surface area contributed by atoms with Gasteiger partial charge in [0.15, 0.2) is 0 Å². The standard InChI is InChI=1S/C20H23NO4S/c1-14-9-10-17(20(2,13-14)25-11-5-8-19(23)24)21-18(22)12-15-6-3-4-7-16(15)26-21/h3-4,6-7,9-10,13,17H,5,8,11-12H2,1-2H3,(H,23,24). The summed E-state index contributed by atoms with van der Waals surface area (Å²) in [6, 6.07) is 7.69. The number of aliphatic carboxylic acids is 1. The minimum atomic E-state index is -0.830. The van der Waals surface area contributed by atoms with Crippen molar-refractivity contribution in [3.8, 4) is 0 Å². The van der Waals surface area contributed by atoms with Gasteiger partial charge in [-0.2, -0.15) is 0 Å². The van der Waals surface area contributed by atoms with Crippen LogP contribution in [0.2, 0.25) is 0 Å². The van der Waals surface area contributed by atoms with E-state index in [9.17, 15) is 9.59 Å². The highest BCUT2D eigenvalue weighted by Crippen LogP contribution is 2.39. The molecule has 0 saturated heterocycles. The molecule has 138 valence electrons. The fourth-order valence-electron chi connectivity index (χ4n) is 3.32. The summed E-state index contributed by atoms with van der Waals surface area (Å²) >= 11 is 1.45. The number of benzene rings is 1. The number of carbonyl (C=O) groups is 2. The number of nitrogens with zero attached hydrogens (tertiary/aromatic N) is 1. The van der Waals surface area contributed by atoms with E-state index in [1.807, 2.05) is 56.3 Å². The van der Waals surface area contributed by atoms with Gasteiger partial charge in [-0.15, -0.1) is 0 Å². The normalized spacial score (nSPS) is 25.0. The highest BCUT2D eigenvalue weighted by molar-refractivity contribution is 7.97. The van der Waals surface area contributed by atoms with Crippen LogP contribution in [0.25, 0.3) is 0 Å². The SMILES string of the molecule is CC1=CC(C)(OCCCC(=O)O)C(N2Sc3ccccc3CC2=O)C=C1. The van der Waals surface area contributed by atoms with Gasteiger partial charge >= 0.3 is 5.97 Å². The molecule has 26 heavy (non-hydrogen) atoms. The van der Waals surface area contributed by atoms with Crippen LogP contribution in [0.5, 0.6) is 0 Å². The van der Waals surface area contributed by atoms with E-state index in [0.29, 0.717) is 19.4 Å². The van der Waals surface area contributed by atoms with Crippen molar-refractivity contribution in [3.05, 3.63) is 53.6 Å². The van der Waals surface area contributed by atoms with Crippen LogP contribution in [0.4, 0.5) is 0 Å². The molecule has 0 radical (unpaired) electrons. The van der Waals surface area contributed by atoms with E-state index in [1.54, 1.807) is 4.31 Å². The van der Waals surface area contributed by atoms with Gasteiger partial charge in [0.1, 0.15) is 5.60 Å².